The van der Waals surface area contributed by atoms with Crippen molar-refractivity contribution in [3.05, 3.63) is 106 Å². The van der Waals surface area contributed by atoms with Crippen LogP contribution in [0.3, 0.4) is 0 Å². The first-order valence-corrected chi connectivity index (χ1v) is 9.57. The highest BCUT2D eigenvalue weighted by atomic mass is 19.1. The number of benzene rings is 3. The van der Waals surface area contributed by atoms with Crippen LogP contribution in [0.15, 0.2) is 78.4 Å². The molecule has 0 aromatic heterocycles. The number of nitrogens with zero attached hydrogens (tertiary/aromatic N) is 1. The molecule has 3 aromatic carbocycles. The first-order valence-electron chi connectivity index (χ1n) is 9.57. The summed E-state index contributed by atoms with van der Waals surface area (Å²) in [5, 5.41) is 11.0. The first kappa shape index (κ1) is 19.6. The third-order valence-electron chi connectivity index (χ3n) is 5.27. The maximum Gasteiger partial charge on any atom is 0.300 e. The Morgan fingerprint density at radius 2 is 1.37 bits per heavy atom. The Morgan fingerprint density at radius 1 is 0.833 bits per heavy atom. The largest absolute Gasteiger partial charge is 0.507 e. The third kappa shape index (κ3) is 3.39. The topological polar surface area (TPSA) is 57.6 Å². The Kier molecular flexibility index (Phi) is 4.96. The summed E-state index contributed by atoms with van der Waals surface area (Å²) in [6.07, 6.45) is 0. The lowest BCUT2D eigenvalue weighted by Crippen LogP contribution is -2.29. The van der Waals surface area contributed by atoms with Gasteiger partial charge in [0.15, 0.2) is 0 Å². The van der Waals surface area contributed by atoms with Gasteiger partial charge in [-0.2, -0.15) is 0 Å². The quantitative estimate of drug-likeness (QED) is 0.379. The van der Waals surface area contributed by atoms with Crippen LogP contribution in [0.4, 0.5) is 10.1 Å². The summed E-state index contributed by atoms with van der Waals surface area (Å²) in [4.78, 5) is 27.3. The zero-order valence-electron chi connectivity index (χ0n) is 16.6. The van der Waals surface area contributed by atoms with E-state index in [4.69, 9.17) is 0 Å². The van der Waals surface area contributed by atoms with E-state index in [0.717, 1.165) is 11.1 Å². The van der Waals surface area contributed by atoms with Crippen LogP contribution in [-0.4, -0.2) is 16.8 Å². The minimum absolute atomic E-state index is 0.0111. The SMILES string of the molecule is Cc1ccc(C(O)=C2C(=O)C(=O)N(c3ccc(F)cc3)[C@@H]2c2ccc(C)cc2)cc1. The van der Waals surface area contributed by atoms with Crippen LogP contribution in [0.1, 0.15) is 28.3 Å². The van der Waals surface area contributed by atoms with Gasteiger partial charge in [0.2, 0.25) is 0 Å². The number of halogens is 1. The van der Waals surface area contributed by atoms with Crippen molar-refractivity contribution in [1.82, 2.24) is 0 Å². The molecule has 1 heterocycles. The number of aryl methyl sites for hydroxylation is 2. The number of carbonyl (C=O) groups is 2. The molecular formula is C25H20FNO3. The van der Waals surface area contributed by atoms with Crippen LogP contribution in [0, 0.1) is 19.7 Å². The van der Waals surface area contributed by atoms with Crippen molar-refractivity contribution < 1.29 is 19.1 Å². The maximum absolute atomic E-state index is 13.5. The fourth-order valence-corrected chi connectivity index (χ4v) is 3.63. The van der Waals surface area contributed by atoms with Gasteiger partial charge in [0, 0.05) is 11.3 Å². The molecule has 150 valence electrons. The van der Waals surface area contributed by atoms with Gasteiger partial charge in [-0.05, 0) is 43.7 Å². The summed E-state index contributed by atoms with van der Waals surface area (Å²) in [7, 11) is 0. The normalized spacial score (nSPS) is 18.1. The van der Waals surface area contributed by atoms with Crippen LogP contribution in [0.2, 0.25) is 0 Å². The van der Waals surface area contributed by atoms with Gasteiger partial charge in [-0.25, -0.2) is 4.39 Å². The lowest BCUT2D eigenvalue weighted by Gasteiger charge is -2.25. The molecule has 3 aromatic rings. The second kappa shape index (κ2) is 7.59. The van der Waals surface area contributed by atoms with Crippen molar-refractivity contribution in [3.8, 4) is 0 Å². The highest BCUT2D eigenvalue weighted by Gasteiger charge is 2.46. The smallest absolute Gasteiger partial charge is 0.300 e. The van der Waals surface area contributed by atoms with Crippen molar-refractivity contribution in [2.75, 3.05) is 4.90 Å². The summed E-state index contributed by atoms with van der Waals surface area (Å²) >= 11 is 0. The molecule has 1 aliphatic rings. The van der Waals surface area contributed by atoms with Gasteiger partial charge in [-0.15, -0.1) is 0 Å². The van der Waals surface area contributed by atoms with E-state index in [0.29, 0.717) is 16.8 Å². The standard InChI is InChI=1S/C25H20FNO3/c1-15-3-7-17(8-4-15)22-21(23(28)18-9-5-16(2)6-10-18)24(29)25(30)27(22)20-13-11-19(26)12-14-20/h3-14,22,28H,1-2H3/t22-/m1/s1. The molecule has 0 radical (unpaired) electrons. The molecule has 4 nitrogen and oxygen atoms in total. The molecule has 0 aliphatic carbocycles. The van der Waals surface area contributed by atoms with E-state index in [1.165, 1.54) is 29.2 Å². The average Bonchev–Trinajstić information content (AvgIpc) is 3.00. The van der Waals surface area contributed by atoms with Gasteiger partial charge >= 0.3 is 0 Å². The minimum atomic E-state index is -0.822. The number of amides is 1. The predicted octanol–water partition coefficient (Wildman–Crippen LogP) is 5.07. The van der Waals surface area contributed by atoms with Crippen molar-refractivity contribution >= 4 is 23.1 Å². The second-order valence-electron chi connectivity index (χ2n) is 7.42. The summed E-state index contributed by atoms with van der Waals surface area (Å²) in [6.45, 7) is 3.86. The summed E-state index contributed by atoms with van der Waals surface area (Å²) in [5.41, 5.74) is 3.56. The lowest BCUT2D eigenvalue weighted by atomic mass is 9.94. The molecule has 1 atom stereocenters. The Balaban J connectivity index is 1.93. The molecule has 0 bridgehead atoms. The van der Waals surface area contributed by atoms with E-state index in [1.807, 2.05) is 50.2 Å². The molecular weight excluding hydrogens is 381 g/mol. The van der Waals surface area contributed by atoms with Crippen molar-refractivity contribution in [1.29, 1.82) is 0 Å². The van der Waals surface area contributed by atoms with Crippen LogP contribution >= 0.6 is 0 Å². The number of anilines is 1. The van der Waals surface area contributed by atoms with Gasteiger partial charge in [-0.1, -0.05) is 59.7 Å². The molecule has 0 saturated carbocycles. The lowest BCUT2D eigenvalue weighted by molar-refractivity contribution is -0.132. The third-order valence-corrected chi connectivity index (χ3v) is 5.27. The average molecular weight is 401 g/mol. The van der Waals surface area contributed by atoms with Crippen LogP contribution in [0.25, 0.3) is 5.76 Å². The Hall–Kier alpha value is -3.73. The predicted molar refractivity (Wildman–Crippen MR) is 114 cm³/mol. The van der Waals surface area contributed by atoms with Gasteiger partial charge < -0.3 is 5.11 Å². The molecule has 30 heavy (non-hydrogen) atoms. The highest BCUT2D eigenvalue weighted by molar-refractivity contribution is 6.51. The molecule has 0 spiro atoms. The zero-order valence-corrected chi connectivity index (χ0v) is 16.6. The number of hydrogen-bond donors (Lipinski definition) is 1. The van der Waals surface area contributed by atoms with E-state index in [1.54, 1.807) is 12.1 Å². The molecule has 1 aliphatic heterocycles. The molecule has 1 saturated heterocycles. The number of aliphatic hydroxyl groups is 1. The Bertz CT molecular complexity index is 1150. The van der Waals surface area contributed by atoms with Crippen molar-refractivity contribution in [3.63, 3.8) is 0 Å². The van der Waals surface area contributed by atoms with Gasteiger partial charge in [0.05, 0.1) is 11.6 Å². The number of Topliss-reactive ketones (excluding diaryl/α,β-unsaturated/α-hetero) is 1. The van der Waals surface area contributed by atoms with E-state index in [9.17, 15) is 19.1 Å². The van der Waals surface area contributed by atoms with E-state index in [-0.39, 0.29) is 11.3 Å². The highest BCUT2D eigenvalue weighted by Crippen LogP contribution is 2.42. The number of rotatable bonds is 3. The fraction of sp³-hybridized carbons (Fsp3) is 0.120. The monoisotopic (exact) mass is 401 g/mol. The van der Waals surface area contributed by atoms with Gasteiger partial charge in [0.1, 0.15) is 11.6 Å². The van der Waals surface area contributed by atoms with Crippen LogP contribution in [-0.2, 0) is 9.59 Å². The van der Waals surface area contributed by atoms with Crippen LogP contribution in [0.5, 0.6) is 0 Å². The second-order valence-corrected chi connectivity index (χ2v) is 7.42. The molecule has 1 amide bonds. The molecule has 0 unspecified atom stereocenters. The number of hydrogen-bond acceptors (Lipinski definition) is 3. The fourth-order valence-electron chi connectivity index (χ4n) is 3.63. The Morgan fingerprint density at radius 3 is 1.93 bits per heavy atom. The summed E-state index contributed by atoms with van der Waals surface area (Å²) in [5.74, 6) is -2.21. The van der Waals surface area contributed by atoms with Crippen LogP contribution < -0.4 is 4.90 Å². The zero-order chi connectivity index (χ0) is 21.4. The molecule has 1 fully saturated rings. The maximum atomic E-state index is 13.5. The van der Waals surface area contributed by atoms with Crippen molar-refractivity contribution in [2.45, 2.75) is 19.9 Å². The van der Waals surface area contributed by atoms with E-state index >= 15 is 0 Å². The Labute approximate surface area is 173 Å². The molecule has 5 heteroatoms. The summed E-state index contributed by atoms with van der Waals surface area (Å²) < 4.78 is 13.5. The molecule has 1 N–H and O–H groups in total. The first-order chi connectivity index (χ1) is 14.4. The number of aliphatic hydroxyl groups excluding tert-OH is 1. The van der Waals surface area contributed by atoms with E-state index < -0.39 is 23.5 Å². The minimum Gasteiger partial charge on any atom is -0.507 e. The number of ketones is 1. The molecule has 4 rings (SSSR count). The number of carbonyl (C=O) groups excluding carboxylic acids is 2. The van der Waals surface area contributed by atoms with Gasteiger partial charge in [-0.3, -0.25) is 14.5 Å². The van der Waals surface area contributed by atoms with Crippen molar-refractivity contribution in [2.24, 2.45) is 0 Å². The summed E-state index contributed by atoms with van der Waals surface area (Å²) in [6, 6.07) is 19.0. The van der Waals surface area contributed by atoms with E-state index in [2.05, 4.69) is 0 Å². The van der Waals surface area contributed by atoms with Gasteiger partial charge in [0.25, 0.3) is 11.7 Å².